The zero-order valence-electron chi connectivity index (χ0n) is 11.2. The molecule has 0 amide bonds. The van der Waals surface area contributed by atoms with E-state index < -0.39 is 0 Å². The summed E-state index contributed by atoms with van der Waals surface area (Å²) in [5.41, 5.74) is 10.8. The van der Waals surface area contributed by atoms with Crippen molar-refractivity contribution < 1.29 is 0 Å². The largest absolute Gasteiger partial charge is 0.382 e. The molecule has 5 nitrogen and oxygen atoms in total. The summed E-state index contributed by atoms with van der Waals surface area (Å²) in [5, 5.41) is 11.5. The highest BCUT2D eigenvalue weighted by molar-refractivity contribution is 9.10. The Labute approximate surface area is 124 Å². The smallest absolute Gasteiger partial charge is 0.153 e. The summed E-state index contributed by atoms with van der Waals surface area (Å²) in [7, 11) is 1.90. The van der Waals surface area contributed by atoms with Crippen LogP contribution in [0.15, 0.2) is 34.9 Å². The van der Waals surface area contributed by atoms with E-state index in [0.717, 1.165) is 32.6 Å². The number of nitrogens with zero attached hydrogens (tertiary/aromatic N) is 3. The summed E-state index contributed by atoms with van der Waals surface area (Å²) >= 11 is 3.44. The Morgan fingerprint density at radius 3 is 2.55 bits per heavy atom. The number of H-pyrrole nitrogens is 1. The average Bonchev–Trinajstić information content (AvgIpc) is 2.93. The number of halogens is 1. The second kappa shape index (κ2) is 4.79. The minimum atomic E-state index is 0.491. The van der Waals surface area contributed by atoms with Crippen LogP contribution in [0.1, 0.15) is 5.69 Å². The molecular formula is C14H14BrN5. The van der Waals surface area contributed by atoms with E-state index in [1.54, 1.807) is 4.68 Å². The second-order valence-electron chi connectivity index (χ2n) is 4.67. The number of rotatable bonds is 2. The van der Waals surface area contributed by atoms with Crippen LogP contribution in [0.5, 0.6) is 0 Å². The van der Waals surface area contributed by atoms with Gasteiger partial charge in [0, 0.05) is 23.3 Å². The predicted molar refractivity (Wildman–Crippen MR) is 83.1 cm³/mol. The summed E-state index contributed by atoms with van der Waals surface area (Å²) in [6.07, 6.45) is 1.96. The molecule has 0 fully saturated rings. The third kappa shape index (κ3) is 2.12. The molecule has 0 spiro atoms. The van der Waals surface area contributed by atoms with Gasteiger partial charge >= 0.3 is 0 Å². The number of anilines is 1. The first-order chi connectivity index (χ1) is 9.56. The molecule has 6 heteroatoms. The Balaban J connectivity index is 2.19. The molecule has 0 aliphatic heterocycles. The van der Waals surface area contributed by atoms with Crippen LogP contribution in [0.3, 0.4) is 0 Å². The Hall–Kier alpha value is -2.08. The maximum Gasteiger partial charge on any atom is 0.153 e. The third-order valence-electron chi connectivity index (χ3n) is 3.21. The maximum atomic E-state index is 6.02. The van der Waals surface area contributed by atoms with E-state index >= 15 is 0 Å². The van der Waals surface area contributed by atoms with Crippen molar-refractivity contribution in [2.24, 2.45) is 7.05 Å². The summed E-state index contributed by atoms with van der Waals surface area (Å²) in [4.78, 5) is 0. The summed E-state index contributed by atoms with van der Waals surface area (Å²) in [5.74, 6) is 0.491. The van der Waals surface area contributed by atoms with Crippen molar-refractivity contribution in [3.05, 3.63) is 40.6 Å². The van der Waals surface area contributed by atoms with E-state index in [4.69, 9.17) is 5.73 Å². The van der Waals surface area contributed by atoms with Crippen molar-refractivity contribution >= 4 is 21.7 Å². The molecule has 3 aromatic rings. The molecule has 0 unspecified atom stereocenters. The first-order valence-electron chi connectivity index (χ1n) is 6.16. The molecule has 0 radical (unpaired) electrons. The van der Waals surface area contributed by atoms with Crippen LogP contribution in [0, 0.1) is 6.92 Å². The molecule has 0 atom stereocenters. The predicted octanol–water partition coefficient (Wildman–Crippen LogP) is 3.13. The highest BCUT2D eigenvalue weighted by Crippen LogP contribution is 2.36. The lowest BCUT2D eigenvalue weighted by Crippen LogP contribution is -1.89. The number of nitrogens with one attached hydrogen (secondary N) is 1. The van der Waals surface area contributed by atoms with Crippen LogP contribution in [-0.2, 0) is 7.05 Å². The lowest BCUT2D eigenvalue weighted by Gasteiger charge is -2.04. The molecule has 20 heavy (non-hydrogen) atoms. The van der Waals surface area contributed by atoms with Crippen molar-refractivity contribution in [2.45, 2.75) is 6.92 Å². The van der Waals surface area contributed by atoms with Gasteiger partial charge in [-0.15, -0.1) is 0 Å². The van der Waals surface area contributed by atoms with Crippen LogP contribution >= 0.6 is 15.9 Å². The van der Waals surface area contributed by atoms with Crippen LogP contribution in [0.25, 0.3) is 22.4 Å². The topological polar surface area (TPSA) is 72.5 Å². The van der Waals surface area contributed by atoms with E-state index in [1.165, 1.54) is 0 Å². The van der Waals surface area contributed by atoms with Crippen molar-refractivity contribution in [3.63, 3.8) is 0 Å². The lowest BCUT2D eigenvalue weighted by atomic mass is 10.0. The number of nitrogen functional groups attached to an aromatic ring is 1. The van der Waals surface area contributed by atoms with E-state index in [9.17, 15) is 0 Å². The van der Waals surface area contributed by atoms with E-state index in [0.29, 0.717) is 5.82 Å². The fraction of sp³-hybridized carbons (Fsp3) is 0.143. The summed E-state index contributed by atoms with van der Waals surface area (Å²) < 4.78 is 2.81. The van der Waals surface area contributed by atoms with Gasteiger partial charge in [0.25, 0.3) is 0 Å². The standard InChI is InChI=1S/C14H14BrN5/c1-8-11(7-20(2)19-8)13-12(14(16)18-17-13)9-3-5-10(15)6-4-9/h3-7H,1-2H3,(H3,16,17,18). The molecule has 0 aliphatic rings. The number of nitrogens with two attached hydrogens (primary N) is 1. The van der Waals surface area contributed by atoms with Crippen LogP contribution < -0.4 is 5.73 Å². The van der Waals surface area contributed by atoms with E-state index in [1.807, 2.05) is 44.4 Å². The fourth-order valence-electron chi connectivity index (χ4n) is 2.30. The minimum absolute atomic E-state index is 0.491. The molecule has 3 rings (SSSR count). The molecule has 102 valence electrons. The van der Waals surface area contributed by atoms with E-state index in [-0.39, 0.29) is 0 Å². The van der Waals surface area contributed by atoms with Crippen molar-refractivity contribution in [1.82, 2.24) is 20.0 Å². The Morgan fingerprint density at radius 1 is 1.25 bits per heavy atom. The second-order valence-corrected chi connectivity index (χ2v) is 5.58. The van der Waals surface area contributed by atoms with Gasteiger partial charge in [-0.05, 0) is 24.6 Å². The van der Waals surface area contributed by atoms with Gasteiger partial charge in [-0.3, -0.25) is 9.78 Å². The molecule has 1 aromatic carbocycles. The average molecular weight is 332 g/mol. The molecule has 0 saturated carbocycles. The van der Waals surface area contributed by atoms with Gasteiger partial charge in [0.05, 0.1) is 17.0 Å². The van der Waals surface area contributed by atoms with Gasteiger partial charge in [0.2, 0.25) is 0 Å². The first-order valence-corrected chi connectivity index (χ1v) is 6.96. The highest BCUT2D eigenvalue weighted by atomic mass is 79.9. The number of hydrogen-bond donors (Lipinski definition) is 2. The highest BCUT2D eigenvalue weighted by Gasteiger charge is 2.17. The van der Waals surface area contributed by atoms with Gasteiger partial charge in [0.1, 0.15) is 0 Å². The monoisotopic (exact) mass is 331 g/mol. The van der Waals surface area contributed by atoms with Gasteiger partial charge in [-0.25, -0.2) is 0 Å². The number of benzene rings is 1. The fourth-order valence-corrected chi connectivity index (χ4v) is 2.57. The van der Waals surface area contributed by atoms with Gasteiger partial charge in [-0.1, -0.05) is 28.1 Å². The quantitative estimate of drug-likeness (QED) is 0.757. The van der Waals surface area contributed by atoms with Gasteiger partial charge in [0.15, 0.2) is 5.82 Å². The van der Waals surface area contributed by atoms with Gasteiger partial charge < -0.3 is 5.73 Å². The van der Waals surface area contributed by atoms with Crippen LogP contribution in [0.4, 0.5) is 5.82 Å². The molecule has 2 aromatic heterocycles. The molecular weight excluding hydrogens is 318 g/mol. The van der Waals surface area contributed by atoms with Crippen LogP contribution in [-0.4, -0.2) is 20.0 Å². The Morgan fingerprint density at radius 2 is 1.95 bits per heavy atom. The Bertz CT molecular complexity index is 754. The maximum absolute atomic E-state index is 6.02. The van der Waals surface area contributed by atoms with Crippen LogP contribution in [0.2, 0.25) is 0 Å². The zero-order chi connectivity index (χ0) is 14.3. The third-order valence-corrected chi connectivity index (χ3v) is 3.74. The zero-order valence-corrected chi connectivity index (χ0v) is 12.8. The lowest BCUT2D eigenvalue weighted by molar-refractivity contribution is 0.756. The van der Waals surface area contributed by atoms with Crippen molar-refractivity contribution in [2.75, 3.05) is 5.73 Å². The molecule has 0 aliphatic carbocycles. The number of aromatic nitrogens is 4. The number of aromatic amines is 1. The molecule has 0 bridgehead atoms. The summed E-state index contributed by atoms with van der Waals surface area (Å²) in [6, 6.07) is 8.00. The first kappa shape index (κ1) is 12.9. The van der Waals surface area contributed by atoms with Crippen molar-refractivity contribution in [3.8, 4) is 22.4 Å². The van der Waals surface area contributed by atoms with Crippen molar-refractivity contribution in [1.29, 1.82) is 0 Å². The number of aryl methyl sites for hydroxylation is 2. The summed E-state index contributed by atoms with van der Waals surface area (Å²) in [6.45, 7) is 1.97. The SMILES string of the molecule is Cc1nn(C)cc1-c1[nH]nc(N)c1-c1ccc(Br)cc1. The molecule has 0 saturated heterocycles. The molecule has 3 N–H and O–H groups in total. The van der Waals surface area contributed by atoms with E-state index in [2.05, 4.69) is 31.2 Å². The minimum Gasteiger partial charge on any atom is -0.382 e. The normalized spacial score (nSPS) is 10.9. The molecule has 2 heterocycles. The van der Waals surface area contributed by atoms with Gasteiger partial charge in [-0.2, -0.15) is 10.2 Å². The number of hydrogen-bond acceptors (Lipinski definition) is 3. The Kier molecular flexibility index (Phi) is 3.10.